The zero-order valence-electron chi connectivity index (χ0n) is 8.82. The van der Waals surface area contributed by atoms with E-state index in [4.69, 9.17) is 0 Å². The van der Waals surface area contributed by atoms with Crippen LogP contribution in [0.5, 0.6) is 0 Å². The molecule has 1 unspecified atom stereocenters. The number of carbonyl (C=O) groups excluding carboxylic acids is 1. The van der Waals surface area contributed by atoms with Crippen molar-refractivity contribution in [3.63, 3.8) is 0 Å². The molecule has 0 radical (unpaired) electrons. The number of hydrogen-bond donors (Lipinski definition) is 1. The highest BCUT2D eigenvalue weighted by molar-refractivity contribution is 7.98. The molecule has 80 valence electrons. The molecule has 3 heteroatoms. The Kier molecular flexibility index (Phi) is 3.44. The lowest BCUT2D eigenvalue weighted by Crippen LogP contribution is -2.30. The van der Waals surface area contributed by atoms with E-state index in [1.54, 1.807) is 11.8 Å². The zero-order chi connectivity index (χ0) is 10.7. The van der Waals surface area contributed by atoms with Crippen LogP contribution in [0.2, 0.25) is 0 Å². The molecule has 1 aromatic carbocycles. The van der Waals surface area contributed by atoms with E-state index in [0.717, 1.165) is 24.9 Å². The van der Waals surface area contributed by atoms with Gasteiger partial charge >= 0.3 is 0 Å². The number of Topliss-reactive ketones (excluding diaryl/α,β-unsaturated/α-hetero) is 1. The van der Waals surface area contributed by atoms with E-state index in [2.05, 4.69) is 5.32 Å². The van der Waals surface area contributed by atoms with Gasteiger partial charge in [0.15, 0.2) is 5.78 Å². The summed E-state index contributed by atoms with van der Waals surface area (Å²) in [7, 11) is 0. The van der Waals surface area contributed by atoms with Crippen LogP contribution in [0.4, 0.5) is 0 Å². The highest BCUT2D eigenvalue weighted by Crippen LogP contribution is 2.17. The van der Waals surface area contributed by atoms with Crippen molar-refractivity contribution < 1.29 is 4.79 Å². The molecule has 1 fully saturated rings. The van der Waals surface area contributed by atoms with E-state index in [1.165, 1.54) is 4.90 Å². The molecule has 0 spiro atoms. The molecule has 0 aliphatic carbocycles. The first-order valence-corrected chi connectivity index (χ1v) is 6.45. The van der Waals surface area contributed by atoms with Crippen molar-refractivity contribution in [3.8, 4) is 0 Å². The van der Waals surface area contributed by atoms with Gasteiger partial charge in [-0.05, 0) is 37.8 Å². The number of hydrogen-bond acceptors (Lipinski definition) is 3. The average molecular weight is 221 g/mol. The van der Waals surface area contributed by atoms with Gasteiger partial charge in [-0.2, -0.15) is 0 Å². The summed E-state index contributed by atoms with van der Waals surface area (Å²) in [4.78, 5) is 13.2. The van der Waals surface area contributed by atoms with Crippen molar-refractivity contribution in [2.45, 2.75) is 23.8 Å². The molecule has 2 rings (SSSR count). The van der Waals surface area contributed by atoms with Crippen LogP contribution in [0, 0.1) is 0 Å². The number of rotatable bonds is 3. The first kappa shape index (κ1) is 10.7. The Hall–Kier alpha value is -0.800. The minimum Gasteiger partial charge on any atom is -0.307 e. The molecule has 0 bridgehead atoms. The molecule has 1 aliphatic heterocycles. The third-order valence-electron chi connectivity index (χ3n) is 2.75. The first-order chi connectivity index (χ1) is 7.31. The minimum atomic E-state index is 0.0464. The molecular weight excluding hydrogens is 206 g/mol. The summed E-state index contributed by atoms with van der Waals surface area (Å²) >= 11 is 1.69. The van der Waals surface area contributed by atoms with Crippen molar-refractivity contribution in [1.29, 1.82) is 0 Å². The molecule has 0 aromatic heterocycles. The fourth-order valence-corrected chi connectivity index (χ4v) is 2.27. The van der Waals surface area contributed by atoms with Gasteiger partial charge in [-0.25, -0.2) is 0 Å². The largest absolute Gasteiger partial charge is 0.307 e. The van der Waals surface area contributed by atoms with Gasteiger partial charge in [0.05, 0.1) is 6.04 Å². The Labute approximate surface area is 94.4 Å². The van der Waals surface area contributed by atoms with Crippen LogP contribution in [-0.2, 0) is 0 Å². The van der Waals surface area contributed by atoms with Crippen LogP contribution >= 0.6 is 11.8 Å². The van der Waals surface area contributed by atoms with Gasteiger partial charge in [0, 0.05) is 10.5 Å². The van der Waals surface area contributed by atoms with Crippen LogP contribution in [0.15, 0.2) is 29.2 Å². The van der Waals surface area contributed by atoms with Gasteiger partial charge in [-0.15, -0.1) is 11.8 Å². The predicted molar refractivity (Wildman–Crippen MR) is 63.6 cm³/mol. The Balaban J connectivity index is 2.11. The quantitative estimate of drug-likeness (QED) is 0.627. The second-order valence-corrected chi connectivity index (χ2v) is 4.62. The average Bonchev–Trinajstić information content (AvgIpc) is 2.82. The summed E-state index contributed by atoms with van der Waals surface area (Å²) < 4.78 is 0. The number of nitrogens with one attached hydrogen (secondary N) is 1. The monoisotopic (exact) mass is 221 g/mol. The molecule has 1 aliphatic rings. The smallest absolute Gasteiger partial charge is 0.179 e. The van der Waals surface area contributed by atoms with Crippen molar-refractivity contribution in [1.82, 2.24) is 5.32 Å². The summed E-state index contributed by atoms with van der Waals surface area (Å²) in [5, 5.41) is 3.23. The second-order valence-electron chi connectivity index (χ2n) is 3.74. The van der Waals surface area contributed by atoms with Crippen LogP contribution in [-0.4, -0.2) is 24.6 Å². The summed E-state index contributed by atoms with van der Waals surface area (Å²) in [5.74, 6) is 0.236. The lowest BCUT2D eigenvalue weighted by Gasteiger charge is -2.08. The third-order valence-corrected chi connectivity index (χ3v) is 3.49. The van der Waals surface area contributed by atoms with E-state index >= 15 is 0 Å². The van der Waals surface area contributed by atoms with Gasteiger partial charge in [0.1, 0.15) is 0 Å². The third kappa shape index (κ3) is 2.41. The van der Waals surface area contributed by atoms with Crippen LogP contribution in [0.25, 0.3) is 0 Å². The molecule has 1 aromatic rings. The van der Waals surface area contributed by atoms with Crippen molar-refractivity contribution in [2.75, 3.05) is 12.8 Å². The molecule has 0 amide bonds. The number of carbonyl (C=O) groups is 1. The minimum absolute atomic E-state index is 0.0464. The van der Waals surface area contributed by atoms with Crippen LogP contribution < -0.4 is 5.32 Å². The maximum atomic E-state index is 12.0. The fourth-order valence-electron chi connectivity index (χ4n) is 1.86. The van der Waals surface area contributed by atoms with Gasteiger partial charge in [0.25, 0.3) is 0 Å². The van der Waals surface area contributed by atoms with E-state index < -0.39 is 0 Å². The van der Waals surface area contributed by atoms with E-state index in [0.29, 0.717) is 0 Å². The highest BCUT2D eigenvalue weighted by Gasteiger charge is 2.22. The summed E-state index contributed by atoms with van der Waals surface area (Å²) in [6, 6.07) is 7.91. The molecule has 1 heterocycles. The highest BCUT2D eigenvalue weighted by atomic mass is 32.2. The van der Waals surface area contributed by atoms with Crippen LogP contribution in [0.3, 0.4) is 0 Å². The molecule has 2 nitrogen and oxygen atoms in total. The van der Waals surface area contributed by atoms with Gasteiger partial charge in [-0.3, -0.25) is 4.79 Å². The summed E-state index contributed by atoms with van der Waals surface area (Å²) in [6.07, 6.45) is 4.12. The first-order valence-electron chi connectivity index (χ1n) is 5.23. The van der Waals surface area contributed by atoms with E-state index in [-0.39, 0.29) is 11.8 Å². The predicted octanol–water partition coefficient (Wildman–Crippen LogP) is 2.34. The maximum absolute atomic E-state index is 12.0. The van der Waals surface area contributed by atoms with Crippen molar-refractivity contribution >= 4 is 17.5 Å². The maximum Gasteiger partial charge on any atom is 0.179 e. The Morgan fingerprint density at radius 1 is 1.40 bits per heavy atom. The Morgan fingerprint density at radius 2 is 2.13 bits per heavy atom. The second kappa shape index (κ2) is 4.81. The van der Waals surface area contributed by atoms with Gasteiger partial charge < -0.3 is 5.32 Å². The molecule has 0 saturated carbocycles. The fraction of sp³-hybridized carbons (Fsp3) is 0.417. The number of thioether (sulfide) groups is 1. The lowest BCUT2D eigenvalue weighted by molar-refractivity contribution is 0.0952. The van der Waals surface area contributed by atoms with Gasteiger partial charge in [0.2, 0.25) is 0 Å². The van der Waals surface area contributed by atoms with Crippen molar-refractivity contribution in [3.05, 3.63) is 29.8 Å². The van der Waals surface area contributed by atoms with E-state index in [1.807, 2.05) is 30.5 Å². The lowest BCUT2D eigenvalue weighted by atomic mass is 10.0. The molecule has 1 N–H and O–H groups in total. The number of ketones is 1. The standard InChI is InChI=1S/C12H15NOS/c1-15-10-6-4-9(5-7-10)12(14)11-3-2-8-13-11/h4-7,11,13H,2-3,8H2,1H3. The summed E-state index contributed by atoms with van der Waals surface area (Å²) in [6.45, 7) is 0.972. The zero-order valence-corrected chi connectivity index (χ0v) is 9.64. The molecule has 15 heavy (non-hydrogen) atoms. The SMILES string of the molecule is CSc1ccc(C(=O)C2CCCN2)cc1. The molecule has 1 saturated heterocycles. The topological polar surface area (TPSA) is 29.1 Å². The normalized spacial score (nSPS) is 20.5. The van der Waals surface area contributed by atoms with Crippen LogP contribution in [0.1, 0.15) is 23.2 Å². The number of benzene rings is 1. The Morgan fingerprint density at radius 3 is 2.67 bits per heavy atom. The molecular formula is C12H15NOS. The van der Waals surface area contributed by atoms with Crippen molar-refractivity contribution in [2.24, 2.45) is 0 Å². The molecule has 1 atom stereocenters. The van der Waals surface area contributed by atoms with Gasteiger partial charge in [-0.1, -0.05) is 12.1 Å². The Bertz CT molecular complexity index is 341. The summed E-state index contributed by atoms with van der Waals surface area (Å²) in [5.41, 5.74) is 0.826. The van der Waals surface area contributed by atoms with E-state index in [9.17, 15) is 4.79 Å².